The van der Waals surface area contributed by atoms with E-state index in [1.54, 1.807) is 20.3 Å². The van der Waals surface area contributed by atoms with Gasteiger partial charge in [0.05, 0.1) is 12.2 Å². The number of hydrogen-bond donors (Lipinski definition) is 0. The topological polar surface area (TPSA) is 92.5 Å². The van der Waals surface area contributed by atoms with Gasteiger partial charge in [-0.15, -0.1) is 11.8 Å². The second kappa shape index (κ2) is 7.84. The third-order valence-corrected chi connectivity index (χ3v) is 5.76. The van der Waals surface area contributed by atoms with Crippen molar-refractivity contribution < 1.29 is 0 Å². The zero-order valence-corrected chi connectivity index (χ0v) is 19.1. The first-order valence-corrected chi connectivity index (χ1v) is 11.1. The summed E-state index contributed by atoms with van der Waals surface area (Å²) in [5.41, 5.74) is 1.56. The second-order valence-corrected chi connectivity index (χ2v) is 9.46. The quantitative estimate of drug-likeness (QED) is 0.443. The molecule has 0 aliphatic carbocycles. The monoisotopic (exact) mass is 439 g/mol. The molecule has 0 atom stereocenters. The lowest BCUT2D eigenvalue weighted by Gasteiger charge is -2.20. The Morgan fingerprint density at radius 2 is 1.81 bits per heavy atom. The second-order valence-electron chi connectivity index (χ2n) is 8.67. The van der Waals surface area contributed by atoms with Crippen LogP contribution in [-0.2, 0) is 20.1 Å². The molecule has 0 aliphatic heterocycles. The molecule has 3 aromatic heterocycles. The Kier molecular flexibility index (Phi) is 5.34. The summed E-state index contributed by atoms with van der Waals surface area (Å²) in [4.78, 5) is 29.8. The maximum absolute atomic E-state index is 13.0. The Morgan fingerprint density at radius 1 is 1.10 bits per heavy atom. The van der Waals surface area contributed by atoms with Gasteiger partial charge in [0, 0.05) is 13.6 Å². The molecule has 1 aromatic carbocycles. The highest BCUT2D eigenvalue weighted by atomic mass is 32.2. The maximum Gasteiger partial charge on any atom is 0.332 e. The summed E-state index contributed by atoms with van der Waals surface area (Å²) in [5, 5.41) is 10.1. The third-order valence-electron chi connectivity index (χ3n) is 4.96. The Morgan fingerprint density at radius 3 is 2.39 bits per heavy atom. The molecular weight excluding hydrogens is 414 g/mol. The van der Waals surface area contributed by atoms with Gasteiger partial charge in [-0.2, -0.15) is 10.2 Å². The van der Waals surface area contributed by atoms with E-state index in [2.05, 4.69) is 30.9 Å². The highest BCUT2D eigenvalue weighted by Crippen LogP contribution is 2.26. The summed E-state index contributed by atoms with van der Waals surface area (Å²) in [5.74, 6) is 0. The first-order chi connectivity index (χ1) is 14.7. The molecule has 0 bridgehead atoms. The molecule has 0 saturated heterocycles. The highest BCUT2D eigenvalue weighted by molar-refractivity contribution is 7.98. The zero-order valence-electron chi connectivity index (χ0n) is 18.2. The van der Waals surface area contributed by atoms with Gasteiger partial charge in [0.1, 0.15) is 23.1 Å². The SMILES string of the molecule is CSc1c2c(=O)n(C)c(=O)n(CC(C)(C)C)c2nn1Cc1ccc(-n2cncn2)cc1. The van der Waals surface area contributed by atoms with E-state index in [4.69, 9.17) is 5.10 Å². The number of aromatic nitrogens is 7. The molecule has 4 rings (SSSR count). The van der Waals surface area contributed by atoms with Gasteiger partial charge in [-0.1, -0.05) is 32.9 Å². The first kappa shape index (κ1) is 21.1. The van der Waals surface area contributed by atoms with Crippen molar-refractivity contribution in [1.82, 2.24) is 33.7 Å². The summed E-state index contributed by atoms with van der Waals surface area (Å²) in [6.45, 7) is 7.11. The molecule has 0 saturated carbocycles. The lowest BCUT2D eigenvalue weighted by molar-refractivity contribution is 0.337. The van der Waals surface area contributed by atoms with Crippen LogP contribution in [0.1, 0.15) is 26.3 Å². The van der Waals surface area contributed by atoms with Crippen molar-refractivity contribution in [1.29, 1.82) is 0 Å². The van der Waals surface area contributed by atoms with Crippen LogP contribution in [0, 0.1) is 5.41 Å². The van der Waals surface area contributed by atoms with E-state index in [0.717, 1.165) is 16.3 Å². The van der Waals surface area contributed by atoms with Gasteiger partial charge in [0.25, 0.3) is 5.56 Å². The zero-order chi connectivity index (χ0) is 22.3. The number of thioether (sulfide) groups is 1. The van der Waals surface area contributed by atoms with E-state index >= 15 is 0 Å². The van der Waals surface area contributed by atoms with Crippen molar-refractivity contribution in [3.8, 4) is 5.69 Å². The van der Waals surface area contributed by atoms with Crippen LogP contribution in [0.15, 0.2) is 51.5 Å². The molecule has 0 amide bonds. The average molecular weight is 440 g/mol. The van der Waals surface area contributed by atoms with Crippen LogP contribution in [-0.4, -0.2) is 39.9 Å². The molecular formula is C21H25N7O2S. The van der Waals surface area contributed by atoms with Crippen LogP contribution in [0.4, 0.5) is 0 Å². The maximum atomic E-state index is 13.0. The number of benzene rings is 1. The highest BCUT2D eigenvalue weighted by Gasteiger charge is 2.23. The number of hydrogen-bond acceptors (Lipinski definition) is 6. The molecule has 4 aromatic rings. The van der Waals surface area contributed by atoms with E-state index in [1.165, 1.54) is 29.7 Å². The number of rotatable bonds is 5. The normalized spacial score (nSPS) is 12.0. The lowest BCUT2D eigenvalue weighted by Crippen LogP contribution is -2.40. The van der Waals surface area contributed by atoms with E-state index < -0.39 is 0 Å². The fourth-order valence-electron chi connectivity index (χ4n) is 3.54. The van der Waals surface area contributed by atoms with E-state index in [9.17, 15) is 9.59 Å². The smallest absolute Gasteiger partial charge is 0.275 e. The molecule has 31 heavy (non-hydrogen) atoms. The number of nitrogens with zero attached hydrogens (tertiary/aromatic N) is 7. The Labute approximate surface area is 183 Å². The van der Waals surface area contributed by atoms with Crippen LogP contribution >= 0.6 is 11.8 Å². The Hall–Kier alpha value is -3.14. The Bertz CT molecular complexity index is 1340. The first-order valence-electron chi connectivity index (χ1n) is 9.88. The van der Waals surface area contributed by atoms with Crippen molar-refractivity contribution in [3.05, 3.63) is 63.3 Å². The summed E-state index contributed by atoms with van der Waals surface area (Å²) in [6, 6.07) is 7.91. The van der Waals surface area contributed by atoms with Crippen molar-refractivity contribution >= 4 is 22.8 Å². The van der Waals surface area contributed by atoms with Crippen LogP contribution in [0.3, 0.4) is 0 Å². The minimum atomic E-state index is -0.345. The van der Waals surface area contributed by atoms with Crippen LogP contribution in [0.25, 0.3) is 16.7 Å². The van der Waals surface area contributed by atoms with Crippen molar-refractivity contribution in [2.75, 3.05) is 6.26 Å². The minimum absolute atomic E-state index is 0.144. The lowest BCUT2D eigenvalue weighted by atomic mass is 9.97. The summed E-state index contributed by atoms with van der Waals surface area (Å²) in [6.07, 6.45) is 5.05. The van der Waals surface area contributed by atoms with Gasteiger partial charge >= 0.3 is 5.69 Å². The molecule has 162 valence electrons. The fraction of sp³-hybridized carbons (Fsp3) is 0.381. The Balaban J connectivity index is 1.81. The largest absolute Gasteiger partial charge is 0.332 e. The van der Waals surface area contributed by atoms with Crippen LogP contribution in [0.2, 0.25) is 0 Å². The van der Waals surface area contributed by atoms with E-state index in [0.29, 0.717) is 24.1 Å². The molecule has 10 heteroatoms. The molecule has 0 fully saturated rings. The molecule has 0 unspecified atom stereocenters. The van der Waals surface area contributed by atoms with Gasteiger partial charge in [0.2, 0.25) is 0 Å². The van der Waals surface area contributed by atoms with Gasteiger partial charge in [0.15, 0.2) is 5.65 Å². The van der Waals surface area contributed by atoms with Crippen LogP contribution < -0.4 is 11.2 Å². The predicted molar refractivity (Wildman–Crippen MR) is 121 cm³/mol. The van der Waals surface area contributed by atoms with Crippen LogP contribution in [0.5, 0.6) is 0 Å². The molecule has 0 N–H and O–H groups in total. The molecule has 0 aliphatic rings. The third kappa shape index (κ3) is 3.95. The number of fused-ring (bicyclic) bond motifs is 1. The van der Waals surface area contributed by atoms with E-state index in [1.807, 2.05) is 30.5 Å². The molecule has 0 radical (unpaired) electrons. The molecule has 3 heterocycles. The van der Waals surface area contributed by atoms with Gasteiger partial charge in [-0.25, -0.2) is 14.5 Å². The molecule has 9 nitrogen and oxygen atoms in total. The van der Waals surface area contributed by atoms with Gasteiger partial charge in [-0.05, 0) is 29.4 Å². The minimum Gasteiger partial charge on any atom is -0.275 e. The fourth-order valence-corrected chi connectivity index (χ4v) is 4.24. The summed E-state index contributed by atoms with van der Waals surface area (Å²) >= 11 is 1.46. The van der Waals surface area contributed by atoms with Crippen molar-refractivity contribution in [2.24, 2.45) is 12.5 Å². The van der Waals surface area contributed by atoms with Crippen molar-refractivity contribution in [2.45, 2.75) is 38.9 Å². The standard InChI is InChI=1S/C21H25N7O2S/c1-21(2,3)11-26-17-16(18(29)25(4)20(26)30)19(31-5)27(24-17)10-14-6-8-15(9-7-14)28-13-22-12-23-28/h6-9,12-13H,10-11H2,1-5H3. The predicted octanol–water partition coefficient (Wildman–Crippen LogP) is 2.29. The van der Waals surface area contributed by atoms with Gasteiger partial charge < -0.3 is 0 Å². The summed E-state index contributed by atoms with van der Waals surface area (Å²) in [7, 11) is 1.52. The molecule has 0 spiro atoms. The van der Waals surface area contributed by atoms with Crippen molar-refractivity contribution in [3.63, 3.8) is 0 Å². The average Bonchev–Trinajstić information content (AvgIpc) is 3.37. The van der Waals surface area contributed by atoms with E-state index in [-0.39, 0.29) is 16.7 Å². The van der Waals surface area contributed by atoms with Gasteiger partial charge in [-0.3, -0.25) is 18.6 Å². The summed E-state index contributed by atoms with van der Waals surface area (Å²) < 4.78 is 6.28.